The highest BCUT2D eigenvalue weighted by Crippen LogP contribution is 2.34. The summed E-state index contributed by atoms with van der Waals surface area (Å²) in [5.41, 5.74) is 8.23. The van der Waals surface area contributed by atoms with Crippen molar-refractivity contribution in [2.24, 2.45) is 0 Å². The van der Waals surface area contributed by atoms with E-state index >= 15 is 0 Å². The van der Waals surface area contributed by atoms with Gasteiger partial charge in [0.2, 0.25) is 0 Å². The van der Waals surface area contributed by atoms with E-state index in [9.17, 15) is 20.2 Å². The summed E-state index contributed by atoms with van der Waals surface area (Å²) in [7, 11) is 0. The molecular formula is C44H49ClN8O4S2. The van der Waals surface area contributed by atoms with Gasteiger partial charge in [0, 0.05) is 86.4 Å². The van der Waals surface area contributed by atoms with Crippen molar-refractivity contribution in [3.05, 3.63) is 151 Å². The Morgan fingerprint density at radius 2 is 1.15 bits per heavy atom. The Kier molecular flexibility index (Phi) is 15.9. The zero-order valence-corrected chi connectivity index (χ0v) is 35.7. The predicted octanol–water partition coefficient (Wildman–Crippen LogP) is 9.99. The lowest BCUT2D eigenvalue weighted by molar-refractivity contribution is -0.384. The van der Waals surface area contributed by atoms with Crippen LogP contribution in [0, 0.1) is 34.1 Å². The summed E-state index contributed by atoms with van der Waals surface area (Å²) in [4.78, 5) is 37.9. The first-order valence-electron chi connectivity index (χ1n) is 19.7. The van der Waals surface area contributed by atoms with Gasteiger partial charge in [0.1, 0.15) is 21.4 Å². The molecule has 2 aliphatic heterocycles. The van der Waals surface area contributed by atoms with Crippen LogP contribution in [-0.2, 0) is 12.4 Å². The minimum absolute atomic E-state index is 0.199. The Hall–Kier alpha value is -5.25. The molecule has 2 saturated heterocycles. The van der Waals surface area contributed by atoms with Gasteiger partial charge in [-0.25, -0.2) is 9.97 Å². The van der Waals surface area contributed by atoms with Crippen LogP contribution < -0.4 is 15.1 Å². The summed E-state index contributed by atoms with van der Waals surface area (Å²) in [5, 5.41) is 32.1. The van der Waals surface area contributed by atoms with Gasteiger partial charge >= 0.3 is 0 Å². The van der Waals surface area contributed by atoms with Crippen molar-refractivity contribution in [2.75, 3.05) is 62.2 Å². The summed E-state index contributed by atoms with van der Waals surface area (Å²) in [5.74, 6) is 0.489. The Morgan fingerprint density at radius 1 is 0.627 bits per heavy atom. The fourth-order valence-electron chi connectivity index (χ4n) is 7.23. The number of nitro benzene ring substituents is 2. The molecule has 1 N–H and O–H groups in total. The Labute approximate surface area is 358 Å². The van der Waals surface area contributed by atoms with E-state index < -0.39 is 0 Å². The quantitative estimate of drug-likeness (QED) is 0.0851. The molecule has 6 aromatic rings. The van der Waals surface area contributed by atoms with Gasteiger partial charge < -0.3 is 15.1 Å². The van der Waals surface area contributed by atoms with Crippen LogP contribution in [0.1, 0.15) is 35.4 Å². The molecule has 2 fully saturated rings. The molecule has 0 amide bonds. The van der Waals surface area contributed by atoms with Crippen molar-refractivity contribution in [1.29, 1.82) is 0 Å². The largest absolute Gasteiger partial charge is 0.364 e. The molecule has 308 valence electrons. The number of benzene rings is 4. The first-order valence-corrected chi connectivity index (χ1v) is 22.0. The normalized spacial score (nSPS) is 14.6. The maximum atomic E-state index is 11.5. The van der Waals surface area contributed by atoms with E-state index in [1.54, 1.807) is 46.9 Å². The minimum atomic E-state index is -0.291. The first-order chi connectivity index (χ1) is 28.7. The Balaban J connectivity index is 0.000000165. The van der Waals surface area contributed by atoms with Gasteiger partial charge in [0.05, 0.1) is 27.1 Å². The number of aromatic nitrogens is 2. The van der Waals surface area contributed by atoms with Crippen LogP contribution in [0.25, 0.3) is 21.1 Å². The van der Waals surface area contributed by atoms with Crippen molar-refractivity contribution in [3.8, 4) is 21.1 Å². The second-order valence-corrected chi connectivity index (χ2v) is 16.2. The van der Waals surface area contributed by atoms with Gasteiger partial charge in [-0.3, -0.25) is 25.1 Å². The highest BCUT2D eigenvalue weighted by Gasteiger charge is 2.25. The third-order valence-corrected chi connectivity index (χ3v) is 12.2. The maximum Gasteiger partial charge on any atom is 0.292 e. The average molecular weight is 854 g/mol. The summed E-state index contributed by atoms with van der Waals surface area (Å²) >= 11 is 8.98. The van der Waals surface area contributed by atoms with Crippen molar-refractivity contribution >= 4 is 57.0 Å². The molecule has 4 heterocycles. The second-order valence-electron chi connectivity index (χ2n) is 14.3. The molecule has 0 unspecified atom stereocenters. The monoisotopic (exact) mass is 852 g/mol. The van der Waals surface area contributed by atoms with E-state index in [1.165, 1.54) is 0 Å². The lowest BCUT2D eigenvalue weighted by Crippen LogP contribution is -2.31. The number of halogens is 1. The smallest absolute Gasteiger partial charge is 0.292 e. The highest BCUT2D eigenvalue weighted by molar-refractivity contribution is 7.13. The van der Waals surface area contributed by atoms with Crippen molar-refractivity contribution in [1.82, 2.24) is 20.2 Å². The fourth-order valence-corrected chi connectivity index (χ4v) is 9.10. The van der Waals surface area contributed by atoms with Gasteiger partial charge in [-0.2, -0.15) is 0 Å². The number of thiazole rings is 2. The molecule has 0 aliphatic carbocycles. The van der Waals surface area contributed by atoms with Crippen LogP contribution in [-0.4, -0.2) is 77.1 Å². The molecule has 0 bridgehead atoms. The first kappa shape index (κ1) is 43.3. The third kappa shape index (κ3) is 11.9. The number of hydrogen-bond donors (Lipinski definition) is 1. The van der Waals surface area contributed by atoms with Gasteiger partial charge in [0.15, 0.2) is 0 Å². The van der Waals surface area contributed by atoms with Crippen molar-refractivity contribution in [2.45, 2.75) is 39.1 Å². The van der Waals surface area contributed by atoms with Gasteiger partial charge in [-0.05, 0) is 44.4 Å². The summed E-state index contributed by atoms with van der Waals surface area (Å²) in [6.07, 6.45) is 1.99. The van der Waals surface area contributed by atoms with E-state index in [-0.39, 0.29) is 21.2 Å². The molecule has 4 aromatic carbocycles. The molecule has 59 heavy (non-hydrogen) atoms. The predicted molar refractivity (Wildman–Crippen MR) is 242 cm³/mol. The third-order valence-electron chi connectivity index (χ3n) is 10.1. The van der Waals surface area contributed by atoms with E-state index in [0.29, 0.717) is 5.88 Å². The molecule has 8 rings (SSSR count). The molecule has 2 aliphatic rings. The molecule has 0 atom stereocenters. The minimum Gasteiger partial charge on any atom is -0.364 e. The fraction of sp³-hybridized carbons (Fsp3) is 0.318. The number of nitrogens with one attached hydrogen (secondary N) is 1. The molecule has 15 heteroatoms. The number of nitro groups is 2. The Morgan fingerprint density at radius 3 is 1.69 bits per heavy atom. The maximum absolute atomic E-state index is 11.5. The van der Waals surface area contributed by atoms with Gasteiger partial charge in [-0.1, -0.05) is 84.9 Å². The average Bonchev–Trinajstić information content (AvgIpc) is 3.78. The van der Waals surface area contributed by atoms with Crippen LogP contribution in [0.15, 0.2) is 108 Å². The number of nitrogens with zero attached hydrogens (tertiary/aromatic N) is 7. The number of alkyl halides is 1. The van der Waals surface area contributed by atoms with Crippen LogP contribution in [0.4, 0.5) is 22.7 Å². The molecule has 2 aromatic heterocycles. The van der Waals surface area contributed by atoms with Crippen LogP contribution in [0.3, 0.4) is 0 Å². The molecule has 0 radical (unpaired) electrons. The highest BCUT2D eigenvalue weighted by atomic mass is 35.5. The summed E-state index contributed by atoms with van der Waals surface area (Å²) in [6.45, 7) is 11.7. The molecule has 12 nitrogen and oxygen atoms in total. The Bertz CT molecular complexity index is 2270. The van der Waals surface area contributed by atoms with E-state index in [0.717, 1.165) is 127 Å². The van der Waals surface area contributed by atoms with E-state index in [1.807, 2.05) is 67.8 Å². The zero-order chi connectivity index (χ0) is 41.6. The standard InChI is InChI=1S/C22H24N4O2S.C12H17N3O2.C10H8ClNS/c1-17-7-5-10-20(26(27)28)21(17)25-12-6-11-24(13-14-25)15-19-16-29-22(23-19)18-8-3-2-4-9-18;1-10-4-2-5-11(15(16)17)12(10)14-8-3-6-13-7-9-14;11-6-9-7-13-10(12-9)8-4-2-1-3-5-8/h2-5,7-10,16H,6,11-15H2,1H3;2,4-5,13H,3,6-9H2,1H3;1-5,7H,6H2. The van der Waals surface area contributed by atoms with E-state index in [4.69, 9.17) is 16.6 Å². The zero-order valence-electron chi connectivity index (χ0n) is 33.3. The number of aryl methyl sites for hydroxylation is 2. The van der Waals surface area contributed by atoms with E-state index in [2.05, 4.69) is 54.6 Å². The molecule has 0 spiro atoms. The number of hydrogen-bond acceptors (Lipinski definition) is 12. The van der Waals surface area contributed by atoms with Crippen LogP contribution >= 0.6 is 34.3 Å². The van der Waals surface area contributed by atoms with Crippen molar-refractivity contribution in [3.63, 3.8) is 0 Å². The lowest BCUT2D eigenvalue weighted by atomic mass is 10.1. The topological polar surface area (TPSA) is 134 Å². The summed E-state index contributed by atoms with van der Waals surface area (Å²) < 4.78 is 0. The lowest BCUT2D eigenvalue weighted by Gasteiger charge is -2.24. The SMILES string of the molecule is Cc1cccc([N+](=O)[O-])c1N1CCCN(Cc2csc(-c3ccccc3)n2)CC1.Cc1cccc([N+](=O)[O-])c1N1CCCNCC1.ClCc1csc(-c2ccccc2)n1. The van der Waals surface area contributed by atoms with Crippen LogP contribution in [0.5, 0.6) is 0 Å². The van der Waals surface area contributed by atoms with Crippen LogP contribution in [0.2, 0.25) is 0 Å². The number of para-hydroxylation sites is 2. The molecular weight excluding hydrogens is 804 g/mol. The van der Waals surface area contributed by atoms with Gasteiger partial charge in [-0.15, -0.1) is 34.3 Å². The van der Waals surface area contributed by atoms with Crippen molar-refractivity contribution < 1.29 is 9.85 Å². The molecule has 0 saturated carbocycles. The number of rotatable bonds is 9. The second kappa shape index (κ2) is 21.7. The summed E-state index contributed by atoms with van der Waals surface area (Å²) in [6, 6.07) is 30.9. The number of anilines is 2. The van der Waals surface area contributed by atoms with Gasteiger partial charge in [0.25, 0.3) is 11.4 Å².